The third-order valence-electron chi connectivity index (χ3n) is 8.54. The van der Waals surface area contributed by atoms with Crippen LogP contribution < -0.4 is 15.5 Å². The van der Waals surface area contributed by atoms with E-state index in [9.17, 15) is 14.4 Å². The molecule has 0 saturated carbocycles. The van der Waals surface area contributed by atoms with E-state index in [1.54, 1.807) is 30.1 Å². The maximum absolute atomic E-state index is 13.3. The van der Waals surface area contributed by atoms with Gasteiger partial charge in [-0.3, -0.25) is 19.4 Å². The van der Waals surface area contributed by atoms with Crippen molar-refractivity contribution in [1.82, 2.24) is 9.80 Å². The molecular weight excluding hydrogens is 640 g/mol. The summed E-state index contributed by atoms with van der Waals surface area (Å²) in [5, 5.41) is 9.74. The third-order valence-corrected chi connectivity index (χ3v) is 8.54. The van der Waals surface area contributed by atoms with E-state index < -0.39 is 5.97 Å². The summed E-state index contributed by atoms with van der Waals surface area (Å²) in [6.07, 6.45) is 0. The van der Waals surface area contributed by atoms with Gasteiger partial charge in [-0.2, -0.15) is 0 Å². The lowest BCUT2D eigenvalue weighted by molar-refractivity contribution is -0.120. The summed E-state index contributed by atoms with van der Waals surface area (Å²) in [5.41, 5.74) is 13.2. The Morgan fingerprint density at radius 2 is 1.62 bits per heavy atom. The monoisotopic (exact) mass is 682 g/mol. The molecule has 2 aliphatic rings. The van der Waals surface area contributed by atoms with Gasteiger partial charge in [-0.25, -0.2) is 4.79 Å². The molecule has 0 unspecified atom stereocenters. The largest absolute Gasteiger partial charge is 0.465 e. The molecule has 1 fully saturated rings. The molecule has 50 heavy (non-hydrogen) atoms. The SMILES string of the molecule is COC(=O)c1ccc2c(c1)NC(=O)/C2=C(\Nc1ccc(N(C)C(=O)CN2CCN(CCOCCOCCN=[N+]=[N-])CC2)cc1)c1ccccc1. The first-order chi connectivity index (χ1) is 24.4. The number of hydrogen-bond donors (Lipinski definition) is 2. The van der Waals surface area contributed by atoms with Gasteiger partial charge in [0.2, 0.25) is 5.91 Å². The number of ether oxygens (including phenoxy) is 3. The van der Waals surface area contributed by atoms with Gasteiger partial charge in [-0.05, 0) is 47.5 Å². The fraction of sp³-hybridized carbons (Fsp3) is 0.361. The van der Waals surface area contributed by atoms with E-state index in [2.05, 4.69) is 30.5 Å². The summed E-state index contributed by atoms with van der Waals surface area (Å²) in [6.45, 7) is 6.72. The molecule has 2 N–H and O–H groups in total. The fourth-order valence-electron chi connectivity index (χ4n) is 5.74. The van der Waals surface area contributed by atoms with Crippen LogP contribution in [0.4, 0.5) is 17.1 Å². The van der Waals surface area contributed by atoms with Gasteiger partial charge in [0.15, 0.2) is 0 Å². The number of carbonyl (C=O) groups is 3. The molecule has 3 aromatic carbocycles. The van der Waals surface area contributed by atoms with E-state index >= 15 is 0 Å². The molecule has 0 atom stereocenters. The van der Waals surface area contributed by atoms with Crippen molar-refractivity contribution in [3.63, 3.8) is 0 Å². The fourth-order valence-corrected chi connectivity index (χ4v) is 5.74. The van der Waals surface area contributed by atoms with Gasteiger partial charge in [0.05, 0.1) is 62.6 Å². The zero-order chi connectivity index (χ0) is 35.3. The molecule has 14 nitrogen and oxygen atoms in total. The maximum atomic E-state index is 13.3. The number of likely N-dealkylation sites (N-methyl/N-ethyl adjacent to an activating group) is 1. The number of methoxy groups -OCH3 is 1. The van der Waals surface area contributed by atoms with Crippen LogP contribution in [0, 0.1) is 0 Å². The molecule has 3 aromatic rings. The van der Waals surface area contributed by atoms with Gasteiger partial charge in [-0.1, -0.05) is 41.5 Å². The van der Waals surface area contributed by atoms with E-state index in [0.29, 0.717) is 67.6 Å². The number of nitrogens with one attached hydrogen (secondary N) is 2. The maximum Gasteiger partial charge on any atom is 0.337 e. The van der Waals surface area contributed by atoms with Crippen molar-refractivity contribution in [2.24, 2.45) is 5.11 Å². The summed E-state index contributed by atoms with van der Waals surface area (Å²) in [5.74, 6) is -0.767. The van der Waals surface area contributed by atoms with Crippen LogP contribution in [0.2, 0.25) is 0 Å². The molecule has 0 bridgehead atoms. The van der Waals surface area contributed by atoms with Gasteiger partial charge in [0.1, 0.15) is 0 Å². The van der Waals surface area contributed by atoms with Crippen LogP contribution in [0.15, 0.2) is 77.9 Å². The van der Waals surface area contributed by atoms with Gasteiger partial charge < -0.3 is 29.7 Å². The Kier molecular flexibility index (Phi) is 12.9. The Balaban J connectivity index is 1.15. The average molecular weight is 683 g/mol. The van der Waals surface area contributed by atoms with Gasteiger partial charge in [-0.15, -0.1) is 0 Å². The van der Waals surface area contributed by atoms with Gasteiger partial charge in [0.25, 0.3) is 5.91 Å². The predicted octanol–water partition coefficient (Wildman–Crippen LogP) is 4.33. The second-order valence-corrected chi connectivity index (χ2v) is 11.7. The summed E-state index contributed by atoms with van der Waals surface area (Å²) >= 11 is 0. The number of amides is 2. The second-order valence-electron chi connectivity index (χ2n) is 11.7. The van der Waals surface area contributed by atoms with Crippen molar-refractivity contribution >= 4 is 46.1 Å². The molecule has 2 amide bonds. The highest BCUT2D eigenvalue weighted by Crippen LogP contribution is 2.38. The number of rotatable bonds is 16. The minimum Gasteiger partial charge on any atom is -0.465 e. The minimum absolute atomic E-state index is 0.000559. The van der Waals surface area contributed by atoms with Crippen molar-refractivity contribution in [2.45, 2.75) is 0 Å². The van der Waals surface area contributed by atoms with E-state index in [1.807, 2.05) is 54.6 Å². The molecule has 0 aromatic heterocycles. The molecule has 2 heterocycles. The lowest BCUT2D eigenvalue weighted by Crippen LogP contribution is -2.50. The zero-order valence-electron chi connectivity index (χ0n) is 28.3. The first-order valence-corrected chi connectivity index (χ1v) is 16.5. The molecule has 2 aliphatic heterocycles. The molecule has 0 radical (unpaired) electrons. The van der Waals surface area contributed by atoms with Crippen LogP contribution >= 0.6 is 0 Å². The lowest BCUT2D eigenvalue weighted by Gasteiger charge is -2.34. The number of nitrogens with zero attached hydrogens (tertiary/aromatic N) is 6. The second kappa shape index (κ2) is 18.0. The van der Waals surface area contributed by atoms with E-state index in [0.717, 1.165) is 49.7 Å². The average Bonchev–Trinajstić information content (AvgIpc) is 3.48. The van der Waals surface area contributed by atoms with Crippen molar-refractivity contribution in [3.8, 4) is 0 Å². The van der Waals surface area contributed by atoms with Crippen LogP contribution in [0.25, 0.3) is 21.7 Å². The summed E-state index contributed by atoms with van der Waals surface area (Å²) in [7, 11) is 3.09. The molecule has 262 valence electrons. The van der Waals surface area contributed by atoms with Crippen LogP contribution in [0.5, 0.6) is 0 Å². The topological polar surface area (TPSA) is 161 Å². The normalized spacial score (nSPS) is 15.4. The molecule has 1 saturated heterocycles. The van der Waals surface area contributed by atoms with E-state index in [1.165, 1.54) is 7.11 Å². The van der Waals surface area contributed by atoms with Gasteiger partial charge >= 0.3 is 5.97 Å². The highest BCUT2D eigenvalue weighted by Gasteiger charge is 2.29. The standard InChI is InChI=1S/C36H42N8O6/c1-42(32(45)25-44-17-15-43(16-18-44)19-21-50-23-22-49-20-14-38-41-37)29-11-9-28(10-12-29)39-34(26-6-4-3-5-7-26)33-30-13-8-27(36(47)48-2)24-31(30)40-35(33)46/h3-13,24,39H,14-23,25H2,1-2H3,(H,40,46)/b34-33-. The number of piperazine rings is 1. The summed E-state index contributed by atoms with van der Waals surface area (Å²) in [4.78, 5) is 47.5. The summed E-state index contributed by atoms with van der Waals surface area (Å²) in [6, 6.07) is 22.1. The van der Waals surface area contributed by atoms with Crippen LogP contribution in [-0.2, 0) is 23.8 Å². The van der Waals surface area contributed by atoms with Crippen molar-refractivity contribution in [2.75, 3.05) is 102 Å². The Morgan fingerprint density at radius 1 is 0.920 bits per heavy atom. The van der Waals surface area contributed by atoms with Crippen molar-refractivity contribution in [3.05, 3.63) is 99.9 Å². The van der Waals surface area contributed by atoms with Crippen molar-refractivity contribution in [1.29, 1.82) is 0 Å². The highest BCUT2D eigenvalue weighted by atomic mass is 16.5. The number of anilines is 3. The first kappa shape index (κ1) is 36.1. The van der Waals surface area contributed by atoms with Gasteiger partial charge in [0, 0.05) is 68.2 Å². The number of azide groups is 1. The first-order valence-electron chi connectivity index (χ1n) is 16.5. The van der Waals surface area contributed by atoms with Crippen molar-refractivity contribution < 1.29 is 28.6 Å². The number of benzene rings is 3. The number of hydrogen-bond acceptors (Lipinski definition) is 10. The number of esters is 1. The van der Waals surface area contributed by atoms with E-state index in [4.69, 9.17) is 19.7 Å². The van der Waals surface area contributed by atoms with Crippen LogP contribution in [-0.4, -0.2) is 114 Å². The Hall–Kier alpha value is -5.24. The molecule has 0 aliphatic carbocycles. The minimum atomic E-state index is -0.482. The quantitative estimate of drug-likeness (QED) is 0.0560. The highest BCUT2D eigenvalue weighted by molar-refractivity contribution is 6.37. The molecule has 0 spiro atoms. The number of carbonyl (C=O) groups excluding carboxylic acids is 3. The zero-order valence-corrected chi connectivity index (χ0v) is 28.3. The predicted molar refractivity (Wildman–Crippen MR) is 192 cm³/mol. The van der Waals surface area contributed by atoms with Crippen LogP contribution in [0.1, 0.15) is 21.5 Å². The smallest absolute Gasteiger partial charge is 0.337 e. The number of fused-ring (bicyclic) bond motifs is 1. The Labute approximate surface area is 291 Å². The molecule has 5 rings (SSSR count). The molecular formula is C36H42N8O6. The van der Waals surface area contributed by atoms with E-state index in [-0.39, 0.29) is 11.8 Å². The third kappa shape index (κ3) is 9.47. The summed E-state index contributed by atoms with van der Waals surface area (Å²) < 4.78 is 15.8. The Bertz CT molecular complexity index is 1720. The Morgan fingerprint density at radius 3 is 2.32 bits per heavy atom. The molecule has 14 heteroatoms. The lowest BCUT2D eigenvalue weighted by atomic mass is 9.99. The van der Waals surface area contributed by atoms with Crippen LogP contribution in [0.3, 0.4) is 0 Å².